The Morgan fingerprint density at radius 3 is 3.00 bits per heavy atom. The number of aliphatic hydroxyl groups excluding tert-OH is 1. The van der Waals surface area contributed by atoms with Crippen molar-refractivity contribution in [1.29, 1.82) is 0 Å². The summed E-state index contributed by atoms with van der Waals surface area (Å²) >= 11 is 7.39. The van der Waals surface area contributed by atoms with Crippen molar-refractivity contribution in [3.63, 3.8) is 0 Å². The van der Waals surface area contributed by atoms with Crippen LogP contribution in [0.15, 0.2) is 10.5 Å². The first-order chi connectivity index (χ1) is 10.1. The van der Waals surface area contributed by atoms with Crippen LogP contribution in [0.5, 0.6) is 0 Å². The molecule has 0 spiro atoms. The van der Waals surface area contributed by atoms with E-state index >= 15 is 0 Å². The molecule has 21 heavy (non-hydrogen) atoms. The maximum atomic E-state index is 10.6. The summed E-state index contributed by atoms with van der Waals surface area (Å²) in [5.41, 5.74) is 3.55. The second-order valence-electron chi connectivity index (χ2n) is 5.30. The highest BCUT2D eigenvalue weighted by Crippen LogP contribution is 2.36. The van der Waals surface area contributed by atoms with Crippen LogP contribution in [0.4, 0.5) is 0 Å². The second kappa shape index (κ2) is 6.44. The summed E-state index contributed by atoms with van der Waals surface area (Å²) in [6.45, 7) is 2.10. The predicted octanol–water partition coefficient (Wildman–Crippen LogP) is 3.87. The summed E-state index contributed by atoms with van der Waals surface area (Å²) in [5.74, 6) is 2.30. The lowest BCUT2D eigenvalue weighted by Crippen LogP contribution is -2.05. The molecule has 2 aromatic heterocycles. The number of rotatable bonds is 4. The second-order valence-corrected chi connectivity index (χ2v) is 8.37. The van der Waals surface area contributed by atoms with Gasteiger partial charge in [-0.25, -0.2) is 0 Å². The Hall–Kier alpha value is -0.300. The van der Waals surface area contributed by atoms with Gasteiger partial charge in [0.15, 0.2) is 0 Å². The van der Waals surface area contributed by atoms with Crippen molar-refractivity contribution in [3.8, 4) is 0 Å². The number of fused-ring (bicyclic) bond motifs is 1. The molecule has 3 heterocycles. The van der Waals surface area contributed by atoms with Crippen LogP contribution in [-0.2, 0) is 32.1 Å². The number of thioether (sulfide) groups is 1. The molecule has 1 unspecified atom stereocenters. The van der Waals surface area contributed by atoms with E-state index in [-0.39, 0.29) is 0 Å². The van der Waals surface area contributed by atoms with Crippen molar-refractivity contribution in [2.45, 2.75) is 38.0 Å². The van der Waals surface area contributed by atoms with Crippen LogP contribution in [0.1, 0.15) is 39.7 Å². The largest absolute Gasteiger partial charge is 0.387 e. The monoisotopic (exact) mass is 386 g/mol. The minimum Gasteiger partial charge on any atom is -0.387 e. The van der Waals surface area contributed by atoms with Gasteiger partial charge in [0.05, 0.1) is 22.0 Å². The summed E-state index contributed by atoms with van der Waals surface area (Å²) in [4.78, 5) is 2.55. The molecule has 0 aliphatic carbocycles. The summed E-state index contributed by atoms with van der Waals surface area (Å²) < 4.78 is 2.93. The van der Waals surface area contributed by atoms with Crippen LogP contribution >= 0.6 is 39.0 Å². The summed E-state index contributed by atoms with van der Waals surface area (Å²) in [6, 6.07) is 2.20. The van der Waals surface area contributed by atoms with E-state index in [0.29, 0.717) is 6.42 Å². The first-order valence-electron chi connectivity index (χ1n) is 7.17. The summed E-state index contributed by atoms with van der Waals surface area (Å²) in [6.07, 6.45) is 2.21. The molecule has 0 fully saturated rings. The highest BCUT2D eigenvalue weighted by molar-refractivity contribution is 9.10. The van der Waals surface area contributed by atoms with Gasteiger partial charge >= 0.3 is 0 Å². The molecule has 1 N–H and O–H groups in total. The maximum absolute atomic E-state index is 10.6. The van der Waals surface area contributed by atoms with Crippen molar-refractivity contribution >= 4 is 39.0 Å². The Labute approximate surface area is 141 Å². The van der Waals surface area contributed by atoms with Crippen LogP contribution in [0.25, 0.3) is 0 Å². The van der Waals surface area contributed by atoms with Gasteiger partial charge in [-0.3, -0.25) is 4.68 Å². The van der Waals surface area contributed by atoms with Crippen LogP contribution in [0.2, 0.25) is 0 Å². The molecule has 0 amide bonds. The average Bonchev–Trinajstić information content (AvgIpc) is 3.03. The van der Waals surface area contributed by atoms with Gasteiger partial charge in [-0.05, 0) is 46.2 Å². The van der Waals surface area contributed by atoms with Crippen molar-refractivity contribution in [2.75, 3.05) is 5.75 Å². The molecule has 6 heteroatoms. The third-order valence-electron chi connectivity index (χ3n) is 3.86. The van der Waals surface area contributed by atoms with Crippen LogP contribution in [-0.4, -0.2) is 20.6 Å². The van der Waals surface area contributed by atoms with E-state index in [0.717, 1.165) is 39.3 Å². The number of aryl methyl sites for hydroxylation is 3. The van der Waals surface area contributed by atoms with Crippen LogP contribution in [0, 0.1) is 0 Å². The molecule has 2 aromatic rings. The third kappa shape index (κ3) is 3.09. The maximum Gasteiger partial charge on any atom is 0.0937 e. The highest BCUT2D eigenvalue weighted by Gasteiger charge is 2.21. The van der Waals surface area contributed by atoms with Gasteiger partial charge in [0.1, 0.15) is 0 Å². The quantitative estimate of drug-likeness (QED) is 0.866. The minimum absolute atomic E-state index is 0.443. The fourth-order valence-electron chi connectivity index (χ4n) is 2.66. The average molecular weight is 387 g/mol. The zero-order chi connectivity index (χ0) is 15.0. The van der Waals surface area contributed by atoms with Gasteiger partial charge in [-0.2, -0.15) is 16.9 Å². The van der Waals surface area contributed by atoms with Gasteiger partial charge < -0.3 is 5.11 Å². The molecule has 0 bridgehead atoms. The van der Waals surface area contributed by atoms with Gasteiger partial charge in [0.2, 0.25) is 0 Å². The smallest absolute Gasteiger partial charge is 0.0937 e. The molecule has 3 nitrogen and oxygen atoms in total. The first-order valence-corrected chi connectivity index (χ1v) is 9.94. The Kier molecular flexibility index (Phi) is 4.78. The number of aromatic nitrogens is 2. The molecule has 3 rings (SSSR count). The zero-order valence-corrected chi connectivity index (χ0v) is 15.4. The lowest BCUT2D eigenvalue weighted by molar-refractivity contribution is 0.179. The van der Waals surface area contributed by atoms with Gasteiger partial charge in [0.25, 0.3) is 0 Å². The Bertz CT molecular complexity index is 627. The van der Waals surface area contributed by atoms with Gasteiger partial charge in [-0.1, -0.05) is 6.92 Å². The highest BCUT2D eigenvalue weighted by atomic mass is 79.9. The third-order valence-corrected chi connectivity index (χ3v) is 7.13. The van der Waals surface area contributed by atoms with E-state index in [4.69, 9.17) is 0 Å². The Morgan fingerprint density at radius 2 is 2.33 bits per heavy atom. The number of halogens is 1. The summed E-state index contributed by atoms with van der Waals surface area (Å²) in [7, 11) is 1.95. The number of nitrogens with zero attached hydrogens (tertiary/aromatic N) is 2. The topological polar surface area (TPSA) is 38.0 Å². The number of hydrogen-bond acceptors (Lipinski definition) is 4. The number of aliphatic hydroxyl groups is 1. The number of hydrogen-bond donors (Lipinski definition) is 1. The fraction of sp³-hybridized carbons (Fsp3) is 0.533. The summed E-state index contributed by atoms with van der Waals surface area (Å²) in [5, 5.41) is 15.1. The van der Waals surface area contributed by atoms with E-state index in [1.807, 2.05) is 23.5 Å². The molecular formula is C15H19BrN2OS2. The zero-order valence-electron chi connectivity index (χ0n) is 12.2. The Morgan fingerprint density at radius 1 is 1.52 bits per heavy atom. The molecule has 0 saturated heterocycles. The van der Waals surface area contributed by atoms with Crippen molar-refractivity contribution in [3.05, 3.63) is 37.2 Å². The normalized spacial score (nSPS) is 16.0. The molecule has 0 aromatic carbocycles. The van der Waals surface area contributed by atoms with Crippen LogP contribution < -0.4 is 0 Å². The van der Waals surface area contributed by atoms with E-state index < -0.39 is 6.10 Å². The number of thiophene rings is 1. The molecule has 1 aliphatic rings. The molecule has 1 aliphatic heterocycles. The van der Waals surface area contributed by atoms with E-state index in [1.165, 1.54) is 16.2 Å². The van der Waals surface area contributed by atoms with E-state index in [2.05, 4.69) is 34.0 Å². The SMILES string of the molecule is CCc1nn(C)c(CC(O)c2cc3c(s2)CCSC3)c1Br. The van der Waals surface area contributed by atoms with Gasteiger partial charge in [0, 0.05) is 29.0 Å². The molecule has 0 radical (unpaired) electrons. The standard InChI is InChI=1S/C15H19BrN2OS2/c1-3-10-15(16)11(18(2)17-10)7-12(19)14-6-9-8-20-5-4-13(9)21-14/h6,12,19H,3-5,7-8H2,1-2H3. The van der Waals surface area contributed by atoms with Crippen LogP contribution in [0.3, 0.4) is 0 Å². The lowest BCUT2D eigenvalue weighted by atomic mass is 10.1. The predicted molar refractivity (Wildman–Crippen MR) is 93.1 cm³/mol. The van der Waals surface area contributed by atoms with Gasteiger partial charge in [-0.15, -0.1) is 11.3 Å². The van der Waals surface area contributed by atoms with Crippen molar-refractivity contribution in [1.82, 2.24) is 9.78 Å². The van der Waals surface area contributed by atoms with Crippen molar-refractivity contribution < 1.29 is 5.11 Å². The van der Waals surface area contributed by atoms with E-state index in [9.17, 15) is 5.11 Å². The molecule has 114 valence electrons. The molecule has 1 atom stereocenters. The molecular weight excluding hydrogens is 368 g/mol. The molecule has 0 saturated carbocycles. The van der Waals surface area contributed by atoms with Crippen molar-refractivity contribution in [2.24, 2.45) is 7.05 Å². The fourth-order valence-corrected chi connectivity index (χ4v) is 5.80. The van der Waals surface area contributed by atoms with E-state index in [1.54, 1.807) is 11.3 Å². The first kappa shape index (κ1) is 15.6. The Balaban J connectivity index is 1.81. The minimum atomic E-state index is -0.443. The lowest BCUT2D eigenvalue weighted by Gasteiger charge is -2.09.